The van der Waals surface area contributed by atoms with Gasteiger partial charge in [-0.3, -0.25) is 4.79 Å². The third-order valence-electron chi connectivity index (χ3n) is 6.11. The number of rotatable bonds is 21. The van der Waals surface area contributed by atoms with E-state index in [1.54, 1.807) is 0 Å². The van der Waals surface area contributed by atoms with Crippen LogP contribution in [0.3, 0.4) is 0 Å². The van der Waals surface area contributed by atoms with E-state index in [0.717, 1.165) is 38.0 Å². The summed E-state index contributed by atoms with van der Waals surface area (Å²) >= 11 is 0. The van der Waals surface area contributed by atoms with Gasteiger partial charge < -0.3 is 9.30 Å². The summed E-state index contributed by atoms with van der Waals surface area (Å²) in [5.41, 5.74) is -0.434. The first kappa shape index (κ1) is 28.7. The van der Waals surface area contributed by atoms with Crippen LogP contribution in [0.5, 0.6) is 0 Å². The Morgan fingerprint density at radius 3 is 1.34 bits per heavy atom. The first-order valence-electron chi connectivity index (χ1n) is 12.8. The first-order valence-corrected chi connectivity index (χ1v) is 14.9. The van der Waals surface area contributed by atoms with Gasteiger partial charge >= 0.3 is 5.97 Å². The maximum atomic E-state index is 13.7. The van der Waals surface area contributed by atoms with Crippen molar-refractivity contribution in [2.45, 2.75) is 136 Å². The number of carbonyl (C=O) groups excluding carboxylic acids is 1. The number of hydrogen-bond donors (Lipinski definition) is 0. The highest BCUT2D eigenvalue weighted by Crippen LogP contribution is 2.52. The van der Waals surface area contributed by atoms with Crippen LogP contribution in [0.1, 0.15) is 130 Å². The lowest BCUT2D eigenvalue weighted by molar-refractivity contribution is -0.142. The third kappa shape index (κ3) is 15.2. The molecule has 0 saturated carbocycles. The van der Waals surface area contributed by atoms with Crippen molar-refractivity contribution in [1.82, 2.24) is 0 Å². The molecule has 0 aromatic heterocycles. The van der Waals surface area contributed by atoms with Crippen LogP contribution in [0.4, 0.5) is 0 Å². The molecule has 0 fully saturated rings. The lowest BCUT2D eigenvalue weighted by Crippen LogP contribution is -2.23. The molecular weight excluding hydrogens is 379 g/mol. The van der Waals surface area contributed by atoms with E-state index in [9.17, 15) is 9.36 Å². The molecule has 0 bridgehead atoms. The van der Waals surface area contributed by atoms with Crippen LogP contribution >= 0.6 is 7.14 Å². The van der Waals surface area contributed by atoms with E-state index in [4.69, 9.17) is 4.74 Å². The predicted octanol–water partition coefficient (Wildman–Crippen LogP) is 8.58. The summed E-state index contributed by atoms with van der Waals surface area (Å²) in [7, 11) is -2.50. The molecule has 0 heterocycles. The smallest absolute Gasteiger partial charge is 0.316 e. The molecule has 0 aliphatic heterocycles. The van der Waals surface area contributed by atoms with Gasteiger partial charge in [-0.2, -0.15) is 0 Å². The minimum Gasteiger partial charge on any atom is -0.465 e. The van der Waals surface area contributed by atoms with Crippen LogP contribution < -0.4 is 0 Å². The van der Waals surface area contributed by atoms with Crippen molar-refractivity contribution < 1.29 is 14.1 Å². The van der Waals surface area contributed by atoms with Crippen molar-refractivity contribution in [3.63, 3.8) is 0 Å². The topological polar surface area (TPSA) is 43.4 Å². The third-order valence-corrected chi connectivity index (χ3v) is 9.88. The Labute approximate surface area is 182 Å². The second-order valence-electron chi connectivity index (χ2n) is 8.78. The zero-order valence-electron chi connectivity index (χ0n) is 20.2. The number of carbonyl (C=O) groups is 1. The number of ether oxygens (including phenoxy) is 1. The highest BCUT2D eigenvalue weighted by atomic mass is 31.2. The van der Waals surface area contributed by atoms with Crippen molar-refractivity contribution in [3.05, 3.63) is 0 Å². The lowest BCUT2D eigenvalue weighted by Gasteiger charge is -2.24. The van der Waals surface area contributed by atoms with Crippen LogP contribution in [-0.4, -0.2) is 30.6 Å². The Kier molecular flexibility index (Phi) is 19.4. The molecule has 0 aliphatic carbocycles. The summed E-state index contributed by atoms with van der Waals surface area (Å²) in [5, 5.41) is 0. The highest BCUT2D eigenvalue weighted by Gasteiger charge is 2.34. The zero-order chi connectivity index (χ0) is 21.8. The molecule has 0 radical (unpaired) electrons. The minimum atomic E-state index is -2.50. The molecule has 0 amide bonds. The van der Waals surface area contributed by atoms with Crippen molar-refractivity contribution in [2.75, 3.05) is 18.9 Å². The molecule has 4 heteroatoms. The lowest BCUT2D eigenvalue weighted by atomic mass is 10.1. The van der Waals surface area contributed by atoms with Gasteiger partial charge in [-0.15, -0.1) is 0 Å². The van der Waals surface area contributed by atoms with E-state index in [1.807, 2.05) is 13.8 Å². The first-order chi connectivity index (χ1) is 14.0. The van der Waals surface area contributed by atoms with Gasteiger partial charge in [0.1, 0.15) is 12.8 Å². The fourth-order valence-corrected chi connectivity index (χ4v) is 6.96. The summed E-state index contributed by atoms with van der Waals surface area (Å²) < 4.78 is 18.9. The molecule has 174 valence electrons. The fraction of sp³-hybridized carbons (Fsp3) is 0.960. The number of hydrogen-bond acceptors (Lipinski definition) is 3. The molecule has 29 heavy (non-hydrogen) atoms. The Hall–Kier alpha value is -0.300. The van der Waals surface area contributed by atoms with Crippen LogP contribution in [0.2, 0.25) is 0 Å². The van der Waals surface area contributed by atoms with Gasteiger partial charge in [0, 0.05) is 12.3 Å². The number of esters is 1. The molecular formula is C25H51O3P. The molecule has 1 atom stereocenters. The Bertz CT molecular complexity index is 398. The molecule has 0 saturated heterocycles. The van der Waals surface area contributed by atoms with Crippen LogP contribution in [0, 0.1) is 0 Å². The van der Waals surface area contributed by atoms with Gasteiger partial charge in [0.2, 0.25) is 0 Å². The van der Waals surface area contributed by atoms with E-state index >= 15 is 0 Å². The summed E-state index contributed by atoms with van der Waals surface area (Å²) in [4.78, 5) is 12.3. The molecule has 0 aliphatic rings. The molecule has 0 aromatic rings. The SMILES string of the molecule is CCCCCCCCCCP(=O)(CCCCCCCCCC)C(C)C(=O)OCC. The van der Waals surface area contributed by atoms with Gasteiger partial charge in [0.15, 0.2) is 0 Å². The van der Waals surface area contributed by atoms with Crippen molar-refractivity contribution >= 4 is 13.1 Å². The highest BCUT2D eigenvalue weighted by molar-refractivity contribution is 7.65. The second-order valence-corrected chi connectivity index (χ2v) is 12.4. The average molecular weight is 431 g/mol. The van der Waals surface area contributed by atoms with E-state index in [2.05, 4.69) is 13.8 Å². The zero-order valence-corrected chi connectivity index (χ0v) is 21.1. The largest absolute Gasteiger partial charge is 0.465 e. The standard InChI is InChI=1S/C25H51O3P/c1-5-8-10-12-14-16-18-20-22-29(27,24(4)25(26)28-7-3)23-21-19-17-15-13-11-9-6-2/h24H,5-23H2,1-4H3. The quantitative estimate of drug-likeness (QED) is 0.104. The van der Waals surface area contributed by atoms with Crippen molar-refractivity contribution in [1.29, 1.82) is 0 Å². The molecule has 0 aromatic carbocycles. The van der Waals surface area contributed by atoms with Gasteiger partial charge in [0.05, 0.1) is 6.61 Å². The molecule has 0 spiro atoms. The summed E-state index contributed by atoms with van der Waals surface area (Å²) in [6, 6.07) is 0. The van der Waals surface area contributed by atoms with Crippen LogP contribution in [0.25, 0.3) is 0 Å². The van der Waals surface area contributed by atoms with Crippen molar-refractivity contribution in [2.24, 2.45) is 0 Å². The van der Waals surface area contributed by atoms with E-state index < -0.39 is 12.8 Å². The van der Waals surface area contributed by atoms with Crippen LogP contribution in [-0.2, 0) is 14.1 Å². The minimum absolute atomic E-state index is 0.255. The number of unbranched alkanes of at least 4 members (excludes halogenated alkanes) is 14. The fourth-order valence-electron chi connectivity index (χ4n) is 3.98. The Morgan fingerprint density at radius 2 is 1.00 bits per heavy atom. The average Bonchev–Trinajstić information content (AvgIpc) is 2.71. The van der Waals surface area contributed by atoms with E-state index in [-0.39, 0.29) is 5.97 Å². The van der Waals surface area contributed by atoms with Crippen LogP contribution in [0.15, 0.2) is 0 Å². The molecule has 0 N–H and O–H groups in total. The molecule has 1 unspecified atom stereocenters. The maximum absolute atomic E-state index is 13.7. The predicted molar refractivity (Wildman–Crippen MR) is 129 cm³/mol. The maximum Gasteiger partial charge on any atom is 0.316 e. The summed E-state index contributed by atoms with van der Waals surface area (Å²) in [5.74, 6) is -0.255. The van der Waals surface area contributed by atoms with E-state index in [1.165, 1.54) is 77.0 Å². The Morgan fingerprint density at radius 1 is 0.655 bits per heavy atom. The van der Waals surface area contributed by atoms with Crippen molar-refractivity contribution in [3.8, 4) is 0 Å². The van der Waals surface area contributed by atoms with Gasteiger partial charge in [0.25, 0.3) is 0 Å². The summed E-state index contributed by atoms with van der Waals surface area (Å²) in [6.07, 6.45) is 21.3. The van der Waals surface area contributed by atoms with Gasteiger partial charge in [-0.05, 0) is 26.7 Å². The monoisotopic (exact) mass is 430 g/mol. The molecule has 0 rings (SSSR count). The summed E-state index contributed by atoms with van der Waals surface area (Å²) in [6.45, 7) is 8.53. The Balaban J connectivity index is 4.30. The van der Waals surface area contributed by atoms with Gasteiger partial charge in [-0.1, -0.05) is 104 Å². The molecule has 3 nitrogen and oxygen atoms in total. The second kappa shape index (κ2) is 19.7. The normalized spacial score (nSPS) is 12.8. The van der Waals surface area contributed by atoms with E-state index in [0.29, 0.717) is 6.61 Å². The van der Waals surface area contributed by atoms with Gasteiger partial charge in [-0.25, -0.2) is 0 Å².